The maximum absolute atomic E-state index is 11.6. The summed E-state index contributed by atoms with van der Waals surface area (Å²) in [5, 5.41) is 5.38. The Hall–Kier alpha value is -2.88. The number of benzene rings is 2. The number of nitrogens with one attached hydrogen (secondary N) is 2. The molecule has 4 nitrogen and oxygen atoms in total. The highest BCUT2D eigenvalue weighted by Crippen LogP contribution is 2.04. The smallest absolute Gasteiger partial charge is 0.248 e. The second kappa shape index (κ2) is 7.65. The van der Waals surface area contributed by atoms with E-state index in [0.717, 1.165) is 5.56 Å². The quantitative estimate of drug-likeness (QED) is 0.827. The predicted octanol–water partition coefficient (Wildman–Crippen LogP) is 2.50. The average molecular weight is 280 g/mol. The van der Waals surface area contributed by atoms with E-state index in [0.29, 0.717) is 12.2 Å². The molecule has 2 rings (SSSR count). The first-order chi connectivity index (χ1) is 10.2. The predicted molar refractivity (Wildman–Crippen MR) is 82.5 cm³/mol. The Bertz CT molecular complexity index is 622. The fraction of sp³-hybridized carbons (Fsp3) is 0.0588. The summed E-state index contributed by atoms with van der Waals surface area (Å²) in [7, 11) is 0. The minimum absolute atomic E-state index is 0.304. The summed E-state index contributed by atoms with van der Waals surface area (Å²) in [5.74, 6) is -0.641. The summed E-state index contributed by atoms with van der Waals surface area (Å²) >= 11 is 0. The zero-order valence-electron chi connectivity index (χ0n) is 11.5. The first-order valence-corrected chi connectivity index (χ1v) is 6.60. The number of hydrogen-bond donors (Lipinski definition) is 2. The molecule has 21 heavy (non-hydrogen) atoms. The van der Waals surface area contributed by atoms with E-state index in [2.05, 4.69) is 10.6 Å². The molecule has 2 aromatic rings. The van der Waals surface area contributed by atoms with Gasteiger partial charge in [0.15, 0.2) is 0 Å². The monoisotopic (exact) mass is 280 g/mol. The normalized spacial score (nSPS) is 10.3. The number of rotatable bonds is 5. The van der Waals surface area contributed by atoms with Crippen LogP contribution >= 0.6 is 0 Å². The van der Waals surface area contributed by atoms with Crippen LogP contribution in [0.1, 0.15) is 5.56 Å². The number of carbonyl (C=O) groups excluding carboxylic acids is 2. The third-order valence-electron chi connectivity index (χ3n) is 2.74. The third kappa shape index (κ3) is 5.32. The van der Waals surface area contributed by atoms with Gasteiger partial charge in [-0.15, -0.1) is 0 Å². The van der Waals surface area contributed by atoms with Gasteiger partial charge < -0.3 is 10.6 Å². The lowest BCUT2D eigenvalue weighted by atomic mass is 10.2. The van der Waals surface area contributed by atoms with E-state index in [9.17, 15) is 9.59 Å². The van der Waals surface area contributed by atoms with Crippen molar-refractivity contribution in [2.24, 2.45) is 0 Å². The van der Waals surface area contributed by atoms with Crippen molar-refractivity contribution >= 4 is 17.5 Å². The Morgan fingerprint density at radius 3 is 2.05 bits per heavy atom. The first kappa shape index (κ1) is 14.5. The van der Waals surface area contributed by atoms with Crippen LogP contribution in [0.4, 0.5) is 5.69 Å². The Morgan fingerprint density at radius 1 is 0.810 bits per heavy atom. The maximum atomic E-state index is 11.6. The molecule has 0 saturated carbocycles. The highest BCUT2D eigenvalue weighted by atomic mass is 16.2. The summed E-state index contributed by atoms with van der Waals surface area (Å²) in [4.78, 5) is 23.2. The molecule has 0 atom stereocenters. The topological polar surface area (TPSA) is 58.2 Å². The zero-order valence-corrected chi connectivity index (χ0v) is 11.5. The average Bonchev–Trinajstić information content (AvgIpc) is 2.53. The number of para-hydroxylation sites is 1. The van der Waals surface area contributed by atoms with Crippen molar-refractivity contribution in [1.82, 2.24) is 5.32 Å². The lowest BCUT2D eigenvalue weighted by Crippen LogP contribution is -2.21. The molecule has 0 bridgehead atoms. The largest absolute Gasteiger partial charge is 0.348 e. The number of anilines is 1. The van der Waals surface area contributed by atoms with Gasteiger partial charge in [0, 0.05) is 24.4 Å². The fourth-order valence-corrected chi connectivity index (χ4v) is 1.70. The second-order valence-corrected chi connectivity index (χ2v) is 4.39. The summed E-state index contributed by atoms with van der Waals surface area (Å²) < 4.78 is 0. The molecule has 0 heterocycles. The summed E-state index contributed by atoms with van der Waals surface area (Å²) in [5.41, 5.74) is 1.70. The fourth-order valence-electron chi connectivity index (χ4n) is 1.70. The molecule has 2 N–H and O–H groups in total. The van der Waals surface area contributed by atoms with Gasteiger partial charge in [0.05, 0.1) is 0 Å². The Morgan fingerprint density at radius 2 is 1.38 bits per heavy atom. The van der Waals surface area contributed by atoms with Crippen LogP contribution in [-0.2, 0) is 16.1 Å². The van der Waals surface area contributed by atoms with E-state index in [4.69, 9.17) is 0 Å². The van der Waals surface area contributed by atoms with Crippen molar-refractivity contribution in [3.8, 4) is 0 Å². The van der Waals surface area contributed by atoms with E-state index in [1.165, 1.54) is 12.2 Å². The summed E-state index contributed by atoms with van der Waals surface area (Å²) in [6.07, 6.45) is 2.44. The molecular formula is C17H16N2O2. The number of hydrogen-bond acceptors (Lipinski definition) is 2. The molecule has 106 valence electrons. The van der Waals surface area contributed by atoms with E-state index in [1.807, 2.05) is 48.5 Å². The maximum Gasteiger partial charge on any atom is 0.248 e. The van der Waals surface area contributed by atoms with Crippen molar-refractivity contribution in [2.45, 2.75) is 6.54 Å². The first-order valence-electron chi connectivity index (χ1n) is 6.60. The van der Waals surface area contributed by atoms with Gasteiger partial charge in [-0.2, -0.15) is 0 Å². The van der Waals surface area contributed by atoms with Crippen LogP contribution in [0.15, 0.2) is 72.8 Å². The van der Waals surface area contributed by atoms with Crippen molar-refractivity contribution in [2.75, 3.05) is 5.32 Å². The van der Waals surface area contributed by atoms with Gasteiger partial charge in [-0.1, -0.05) is 48.5 Å². The van der Waals surface area contributed by atoms with Crippen molar-refractivity contribution in [3.63, 3.8) is 0 Å². The van der Waals surface area contributed by atoms with Crippen LogP contribution in [-0.4, -0.2) is 11.8 Å². The number of amides is 2. The molecule has 2 aromatic carbocycles. The standard InChI is InChI=1S/C17H16N2O2/c20-16(18-13-14-7-3-1-4-8-14)11-12-17(21)19-15-9-5-2-6-10-15/h1-12H,13H2,(H,18,20)(H,19,21). The van der Waals surface area contributed by atoms with Crippen LogP contribution in [0.25, 0.3) is 0 Å². The molecule has 0 saturated heterocycles. The van der Waals surface area contributed by atoms with Gasteiger partial charge in [0.25, 0.3) is 0 Å². The van der Waals surface area contributed by atoms with Gasteiger partial charge in [-0.3, -0.25) is 9.59 Å². The molecule has 0 aromatic heterocycles. The zero-order chi connectivity index (χ0) is 14.9. The minimum atomic E-state index is -0.337. The molecule has 0 spiro atoms. The minimum Gasteiger partial charge on any atom is -0.348 e. The van der Waals surface area contributed by atoms with Crippen LogP contribution in [0.3, 0.4) is 0 Å². The van der Waals surface area contributed by atoms with E-state index >= 15 is 0 Å². The van der Waals surface area contributed by atoms with Crippen molar-refractivity contribution < 1.29 is 9.59 Å². The second-order valence-electron chi connectivity index (χ2n) is 4.39. The Labute approximate surface area is 123 Å². The molecule has 0 radical (unpaired) electrons. The molecule has 0 aliphatic carbocycles. The molecule has 0 aliphatic heterocycles. The summed E-state index contributed by atoms with van der Waals surface area (Å²) in [6.45, 7) is 0.435. The van der Waals surface area contributed by atoms with Crippen LogP contribution in [0, 0.1) is 0 Å². The lowest BCUT2D eigenvalue weighted by molar-refractivity contribution is -0.117. The SMILES string of the molecule is O=C(C=CC(=O)Nc1ccccc1)NCc1ccccc1. The third-order valence-corrected chi connectivity index (χ3v) is 2.74. The van der Waals surface area contributed by atoms with Gasteiger partial charge in [0.2, 0.25) is 11.8 Å². The molecule has 0 unspecified atom stereocenters. The van der Waals surface area contributed by atoms with Crippen LogP contribution in [0.2, 0.25) is 0 Å². The van der Waals surface area contributed by atoms with Gasteiger partial charge in [0.1, 0.15) is 0 Å². The van der Waals surface area contributed by atoms with Gasteiger partial charge >= 0.3 is 0 Å². The molecular weight excluding hydrogens is 264 g/mol. The summed E-state index contributed by atoms with van der Waals surface area (Å²) in [6, 6.07) is 18.6. The van der Waals surface area contributed by atoms with E-state index < -0.39 is 0 Å². The van der Waals surface area contributed by atoms with Crippen molar-refractivity contribution in [3.05, 3.63) is 78.4 Å². The van der Waals surface area contributed by atoms with Crippen molar-refractivity contribution in [1.29, 1.82) is 0 Å². The highest BCUT2D eigenvalue weighted by Gasteiger charge is 1.99. The van der Waals surface area contributed by atoms with E-state index in [-0.39, 0.29) is 11.8 Å². The van der Waals surface area contributed by atoms with Crippen LogP contribution < -0.4 is 10.6 Å². The Kier molecular flexibility index (Phi) is 5.29. The van der Waals surface area contributed by atoms with Crippen LogP contribution in [0.5, 0.6) is 0 Å². The van der Waals surface area contributed by atoms with Gasteiger partial charge in [-0.25, -0.2) is 0 Å². The molecule has 0 aliphatic rings. The molecule has 2 amide bonds. The Balaban J connectivity index is 1.78. The molecule has 4 heteroatoms. The molecule has 0 fully saturated rings. The number of carbonyl (C=O) groups is 2. The van der Waals surface area contributed by atoms with E-state index in [1.54, 1.807) is 12.1 Å². The lowest BCUT2D eigenvalue weighted by Gasteiger charge is -2.02. The highest BCUT2D eigenvalue weighted by molar-refractivity contribution is 6.03. The van der Waals surface area contributed by atoms with Gasteiger partial charge in [-0.05, 0) is 17.7 Å².